The normalized spacial score (nSPS) is 16.4. The minimum atomic E-state index is -4.45. The van der Waals surface area contributed by atoms with Gasteiger partial charge in [0.2, 0.25) is 5.91 Å². The maximum atomic E-state index is 12.2. The highest BCUT2D eigenvalue weighted by atomic mass is 19.4. The van der Waals surface area contributed by atoms with E-state index in [0.29, 0.717) is 18.9 Å². The molecule has 110 valence electrons. The molecule has 20 heavy (non-hydrogen) atoms. The van der Waals surface area contributed by atoms with Crippen molar-refractivity contribution in [1.82, 2.24) is 15.1 Å². The fraction of sp³-hybridized carbons (Fsp3) is 0.583. The number of halogens is 3. The second-order valence-electron chi connectivity index (χ2n) is 4.69. The molecular weight excluding hydrogens is 273 g/mol. The first-order chi connectivity index (χ1) is 9.35. The maximum Gasteiger partial charge on any atom is 0.397 e. The molecule has 1 saturated heterocycles. The summed E-state index contributed by atoms with van der Waals surface area (Å²) >= 11 is 0. The largest absolute Gasteiger partial charge is 0.397 e. The summed E-state index contributed by atoms with van der Waals surface area (Å²) in [6, 6.07) is 3.64. The smallest absolute Gasteiger partial charge is 0.352 e. The van der Waals surface area contributed by atoms with E-state index < -0.39 is 18.5 Å². The number of aryl methyl sites for hydroxylation is 1. The third-order valence-corrected chi connectivity index (χ3v) is 3.09. The number of nitrogens with zero attached hydrogens (tertiary/aromatic N) is 4. The molecule has 1 amide bonds. The summed E-state index contributed by atoms with van der Waals surface area (Å²) in [5.41, 5.74) is 0.799. The molecule has 1 aliphatic heterocycles. The predicted molar refractivity (Wildman–Crippen MR) is 66.2 cm³/mol. The average molecular weight is 288 g/mol. The van der Waals surface area contributed by atoms with Gasteiger partial charge in [-0.2, -0.15) is 18.3 Å². The molecule has 0 bridgehead atoms. The van der Waals surface area contributed by atoms with E-state index in [0.717, 1.165) is 5.69 Å². The highest BCUT2D eigenvalue weighted by Crippen LogP contribution is 2.21. The SMILES string of the molecule is Cc1ccc(N2CCN(C(=O)CC(F)(F)F)CC2)nn1. The molecule has 0 spiro atoms. The van der Waals surface area contributed by atoms with Gasteiger partial charge in [-0.25, -0.2) is 0 Å². The van der Waals surface area contributed by atoms with Crippen LogP contribution in [0.5, 0.6) is 0 Å². The van der Waals surface area contributed by atoms with Gasteiger partial charge in [-0.05, 0) is 19.1 Å². The molecule has 8 heteroatoms. The lowest BCUT2D eigenvalue weighted by atomic mass is 10.2. The fourth-order valence-corrected chi connectivity index (χ4v) is 2.03. The van der Waals surface area contributed by atoms with Crippen molar-refractivity contribution in [3.8, 4) is 0 Å². The maximum absolute atomic E-state index is 12.2. The number of piperazine rings is 1. The minimum Gasteiger partial charge on any atom is -0.352 e. The molecule has 0 saturated carbocycles. The zero-order valence-corrected chi connectivity index (χ0v) is 11.0. The van der Waals surface area contributed by atoms with Crippen molar-refractivity contribution in [3.63, 3.8) is 0 Å². The molecule has 1 aromatic rings. The van der Waals surface area contributed by atoms with Crippen LogP contribution in [0.25, 0.3) is 0 Å². The zero-order valence-electron chi connectivity index (χ0n) is 11.0. The van der Waals surface area contributed by atoms with Gasteiger partial charge in [-0.15, -0.1) is 5.10 Å². The molecular formula is C12H15F3N4O. The van der Waals surface area contributed by atoms with Crippen LogP contribution in [0.2, 0.25) is 0 Å². The number of rotatable bonds is 2. The molecule has 0 atom stereocenters. The van der Waals surface area contributed by atoms with Gasteiger partial charge in [-0.1, -0.05) is 0 Å². The Morgan fingerprint density at radius 3 is 2.35 bits per heavy atom. The number of aromatic nitrogens is 2. The molecule has 0 aliphatic carbocycles. The van der Waals surface area contributed by atoms with Crippen molar-refractivity contribution in [2.24, 2.45) is 0 Å². The van der Waals surface area contributed by atoms with Crippen molar-refractivity contribution in [3.05, 3.63) is 17.8 Å². The summed E-state index contributed by atoms with van der Waals surface area (Å²) in [5, 5.41) is 7.96. The van der Waals surface area contributed by atoms with Crippen LogP contribution in [-0.2, 0) is 4.79 Å². The molecule has 1 aliphatic rings. The lowest BCUT2D eigenvalue weighted by Crippen LogP contribution is -2.49. The van der Waals surface area contributed by atoms with Crippen molar-refractivity contribution in [2.75, 3.05) is 31.1 Å². The van der Waals surface area contributed by atoms with Crippen LogP contribution in [0.4, 0.5) is 19.0 Å². The Labute approximate surface area is 114 Å². The number of carbonyl (C=O) groups is 1. The quantitative estimate of drug-likeness (QED) is 0.825. The van der Waals surface area contributed by atoms with Gasteiger partial charge in [0.25, 0.3) is 0 Å². The van der Waals surface area contributed by atoms with E-state index in [1.807, 2.05) is 24.0 Å². The van der Waals surface area contributed by atoms with Gasteiger partial charge in [0.1, 0.15) is 6.42 Å². The third kappa shape index (κ3) is 3.82. The molecule has 0 radical (unpaired) electrons. The Kier molecular flexibility index (Phi) is 4.10. The lowest BCUT2D eigenvalue weighted by Gasteiger charge is -2.35. The summed E-state index contributed by atoms with van der Waals surface area (Å²) in [7, 11) is 0. The summed E-state index contributed by atoms with van der Waals surface area (Å²) in [5.74, 6) is -0.189. The van der Waals surface area contributed by atoms with Crippen LogP contribution in [0.3, 0.4) is 0 Å². The fourth-order valence-electron chi connectivity index (χ4n) is 2.03. The standard InChI is InChI=1S/C12H15F3N4O/c1-9-2-3-10(17-16-9)18-4-6-19(7-5-18)11(20)8-12(13,14)15/h2-3H,4-8H2,1H3. The van der Waals surface area contributed by atoms with Gasteiger partial charge in [0.05, 0.1) is 5.69 Å². The van der Waals surface area contributed by atoms with E-state index in [1.165, 1.54) is 4.90 Å². The number of hydrogen-bond acceptors (Lipinski definition) is 4. The Morgan fingerprint density at radius 2 is 1.85 bits per heavy atom. The molecule has 1 fully saturated rings. The van der Waals surface area contributed by atoms with E-state index in [4.69, 9.17) is 0 Å². The van der Waals surface area contributed by atoms with Crippen LogP contribution in [0, 0.1) is 6.92 Å². The number of anilines is 1. The topological polar surface area (TPSA) is 49.3 Å². The van der Waals surface area contributed by atoms with Crippen LogP contribution >= 0.6 is 0 Å². The molecule has 2 rings (SSSR count). The van der Waals surface area contributed by atoms with Crippen molar-refractivity contribution < 1.29 is 18.0 Å². The monoisotopic (exact) mass is 288 g/mol. The first-order valence-corrected chi connectivity index (χ1v) is 6.25. The highest BCUT2D eigenvalue weighted by molar-refractivity contribution is 5.77. The summed E-state index contributed by atoms with van der Waals surface area (Å²) in [4.78, 5) is 14.6. The van der Waals surface area contributed by atoms with Gasteiger partial charge in [0.15, 0.2) is 5.82 Å². The first kappa shape index (κ1) is 14.5. The van der Waals surface area contributed by atoms with Crippen LogP contribution in [0.1, 0.15) is 12.1 Å². The second kappa shape index (κ2) is 5.64. The molecule has 1 aromatic heterocycles. The van der Waals surface area contributed by atoms with Crippen LogP contribution < -0.4 is 4.90 Å². The number of carbonyl (C=O) groups excluding carboxylic acids is 1. The third-order valence-electron chi connectivity index (χ3n) is 3.09. The Morgan fingerprint density at radius 1 is 1.20 bits per heavy atom. The minimum absolute atomic E-state index is 0.268. The summed E-state index contributed by atoms with van der Waals surface area (Å²) < 4.78 is 36.5. The highest BCUT2D eigenvalue weighted by Gasteiger charge is 2.34. The van der Waals surface area contributed by atoms with Crippen LogP contribution in [0.15, 0.2) is 12.1 Å². The number of hydrogen-bond donors (Lipinski definition) is 0. The number of amides is 1. The molecule has 0 N–H and O–H groups in total. The van der Waals surface area contributed by atoms with E-state index in [-0.39, 0.29) is 13.1 Å². The van der Waals surface area contributed by atoms with Gasteiger partial charge < -0.3 is 9.80 Å². The van der Waals surface area contributed by atoms with Crippen molar-refractivity contribution in [1.29, 1.82) is 0 Å². The van der Waals surface area contributed by atoms with Crippen molar-refractivity contribution >= 4 is 11.7 Å². The Bertz CT molecular complexity index is 467. The lowest BCUT2D eigenvalue weighted by molar-refractivity contribution is -0.161. The van der Waals surface area contributed by atoms with Gasteiger partial charge in [-0.3, -0.25) is 4.79 Å². The predicted octanol–water partition coefficient (Wildman–Crippen LogP) is 1.39. The van der Waals surface area contributed by atoms with Crippen molar-refractivity contribution in [2.45, 2.75) is 19.5 Å². The van der Waals surface area contributed by atoms with E-state index in [2.05, 4.69) is 10.2 Å². The molecule has 5 nitrogen and oxygen atoms in total. The van der Waals surface area contributed by atoms with E-state index in [9.17, 15) is 18.0 Å². The summed E-state index contributed by atoms with van der Waals surface area (Å²) in [6.07, 6.45) is -5.84. The molecule has 0 aromatic carbocycles. The molecule has 0 unspecified atom stereocenters. The number of alkyl halides is 3. The van der Waals surface area contributed by atoms with Crippen LogP contribution in [-0.4, -0.2) is 53.4 Å². The summed E-state index contributed by atoms with van der Waals surface area (Å²) in [6.45, 7) is 3.28. The Balaban J connectivity index is 1.89. The van der Waals surface area contributed by atoms with Gasteiger partial charge in [0, 0.05) is 26.2 Å². The van der Waals surface area contributed by atoms with Gasteiger partial charge >= 0.3 is 6.18 Å². The van der Waals surface area contributed by atoms with E-state index in [1.54, 1.807) is 0 Å². The Hall–Kier alpha value is -1.86. The second-order valence-corrected chi connectivity index (χ2v) is 4.69. The first-order valence-electron chi connectivity index (χ1n) is 6.25. The molecule has 2 heterocycles. The zero-order chi connectivity index (χ0) is 14.8. The van der Waals surface area contributed by atoms with E-state index >= 15 is 0 Å². The average Bonchev–Trinajstić information content (AvgIpc) is 2.38.